The van der Waals surface area contributed by atoms with Crippen molar-refractivity contribution in [3.8, 4) is 0 Å². The molecule has 0 saturated carbocycles. The zero-order chi connectivity index (χ0) is 16.9. The van der Waals surface area contributed by atoms with E-state index in [0.29, 0.717) is 11.9 Å². The highest BCUT2D eigenvalue weighted by Gasteiger charge is 2.22. The molecule has 130 valence electrons. The fraction of sp³-hybridized carbons (Fsp3) is 0.389. The van der Waals surface area contributed by atoms with Gasteiger partial charge in [-0.15, -0.1) is 0 Å². The average Bonchev–Trinajstić information content (AvgIpc) is 3.25. The Morgan fingerprint density at radius 2 is 2.08 bits per heavy atom. The highest BCUT2D eigenvalue weighted by Crippen LogP contribution is 2.20. The predicted molar refractivity (Wildman–Crippen MR) is 93.7 cm³/mol. The first-order valence-electron chi connectivity index (χ1n) is 8.62. The van der Waals surface area contributed by atoms with Crippen LogP contribution in [-0.2, 0) is 19.6 Å². The molecule has 7 heteroatoms. The van der Waals surface area contributed by atoms with Crippen molar-refractivity contribution in [3.63, 3.8) is 0 Å². The van der Waals surface area contributed by atoms with Gasteiger partial charge in [-0.05, 0) is 30.5 Å². The average molecular weight is 338 g/mol. The first-order valence-corrected chi connectivity index (χ1v) is 8.62. The predicted octanol–water partition coefficient (Wildman–Crippen LogP) is 2.40. The molecule has 1 N–H and O–H groups in total. The zero-order valence-electron chi connectivity index (χ0n) is 14.1. The van der Waals surface area contributed by atoms with Gasteiger partial charge in [-0.3, -0.25) is 9.58 Å². The lowest BCUT2D eigenvalue weighted by molar-refractivity contribution is 0.216. The molecule has 0 aliphatic carbocycles. The van der Waals surface area contributed by atoms with Gasteiger partial charge in [0.05, 0.1) is 18.2 Å². The Hall–Kier alpha value is -2.67. The van der Waals surface area contributed by atoms with Gasteiger partial charge in [-0.1, -0.05) is 0 Å². The summed E-state index contributed by atoms with van der Waals surface area (Å²) < 4.78 is 7.35. The van der Waals surface area contributed by atoms with E-state index in [-0.39, 0.29) is 0 Å². The van der Waals surface area contributed by atoms with E-state index in [1.807, 2.05) is 24.6 Å². The summed E-state index contributed by atoms with van der Waals surface area (Å²) in [6.45, 7) is 4.64. The third-order valence-corrected chi connectivity index (χ3v) is 4.53. The minimum Gasteiger partial charge on any atom is -0.472 e. The Morgan fingerprint density at radius 3 is 2.92 bits per heavy atom. The Kier molecular flexibility index (Phi) is 4.74. The van der Waals surface area contributed by atoms with Crippen molar-refractivity contribution in [3.05, 3.63) is 60.6 Å². The Labute approximate surface area is 146 Å². The highest BCUT2D eigenvalue weighted by atomic mass is 16.3. The Balaban J connectivity index is 1.40. The second kappa shape index (κ2) is 7.48. The van der Waals surface area contributed by atoms with E-state index in [1.54, 1.807) is 18.7 Å². The highest BCUT2D eigenvalue weighted by molar-refractivity contribution is 5.21. The van der Waals surface area contributed by atoms with Crippen LogP contribution in [0, 0.1) is 5.92 Å². The number of anilines is 1. The second-order valence-electron chi connectivity index (χ2n) is 6.46. The van der Waals surface area contributed by atoms with Crippen LogP contribution >= 0.6 is 0 Å². The number of furan rings is 1. The van der Waals surface area contributed by atoms with E-state index in [9.17, 15) is 0 Å². The van der Waals surface area contributed by atoms with Crippen molar-refractivity contribution in [2.24, 2.45) is 5.92 Å². The van der Waals surface area contributed by atoms with E-state index in [0.717, 1.165) is 39.1 Å². The van der Waals surface area contributed by atoms with Gasteiger partial charge in [0.2, 0.25) is 5.95 Å². The lowest BCUT2D eigenvalue weighted by atomic mass is 10.1. The summed E-state index contributed by atoms with van der Waals surface area (Å²) >= 11 is 0. The lowest BCUT2D eigenvalue weighted by Gasteiger charge is -2.23. The third-order valence-electron chi connectivity index (χ3n) is 4.53. The maximum absolute atomic E-state index is 5.21. The van der Waals surface area contributed by atoms with Crippen LogP contribution in [0.4, 0.5) is 5.95 Å². The van der Waals surface area contributed by atoms with E-state index < -0.39 is 0 Å². The van der Waals surface area contributed by atoms with Crippen LogP contribution in [0.25, 0.3) is 0 Å². The molecular weight excluding hydrogens is 316 g/mol. The molecule has 0 aromatic carbocycles. The van der Waals surface area contributed by atoms with E-state index in [1.165, 1.54) is 11.3 Å². The molecule has 1 aliphatic rings. The first-order chi connectivity index (χ1) is 12.4. The molecule has 3 aromatic rings. The van der Waals surface area contributed by atoms with E-state index >= 15 is 0 Å². The van der Waals surface area contributed by atoms with Gasteiger partial charge in [0.15, 0.2) is 0 Å². The molecule has 4 heterocycles. The van der Waals surface area contributed by atoms with Crippen LogP contribution in [0.5, 0.6) is 0 Å². The zero-order valence-corrected chi connectivity index (χ0v) is 14.1. The third kappa shape index (κ3) is 4.06. The normalized spacial score (nSPS) is 17.8. The molecule has 0 amide bonds. The van der Waals surface area contributed by atoms with E-state index in [4.69, 9.17) is 4.42 Å². The summed E-state index contributed by atoms with van der Waals surface area (Å²) in [5.74, 6) is 1.20. The number of rotatable bonds is 6. The molecule has 0 bridgehead atoms. The molecule has 1 atom stereocenters. The monoisotopic (exact) mass is 338 g/mol. The molecular formula is C18H22N6O. The molecule has 25 heavy (non-hydrogen) atoms. The molecule has 7 nitrogen and oxygen atoms in total. The Morgan fingerprint density at radius 1 is 1.16 bits per heavy atom. The number of hydrogen-bond acceptors (Lipinski definition) is 6. The van der Waals surface area contributed by atoms with Crippen LogP contribution in [-0.4, -0.2) is 37.7 Å². The molecule has 0 saturated heterocycles. The van der Waals surface area contributed by atoms with Gasteiger partial charge in [0.25, 0.3) is 0 Å². The molecule has 4 rings (SSSR count). The minimum atomic E-state index is 0.518. The molecule has 3 aromatic heterocycles. The standard InChI is InChI=1S/C18H22N6O/c1-5-19-18(20-6-1)21-7-2-15-10-23(11-16-4-9-25-14-16)13-17-3-8-22-24(17)12-15/h1,3-6,8-9,14-15H,2,7,10-13H2,(H,19,20,21). The van der Waals surface area contributed by atoms with Gasteiger partial charge in [-0.25, -0.2) is 9.97 Å². The maximum Gasteiger partial charge on any atom is 0.222 e. The summed E-state index contributed by atoms with van der Waals surface area (Å²) in [5, 5.41) is 7.80. The second-order valence-corrected chi connectivity index (χ2v) is 6.46. The smallest absolute Gasteiger partial charge is 0.222 e. The Bertz CT molecular complexity index is 770. The van der Waals surface area contributed by atoms with Crippen LogP contribution in [0.3, 0.4) is 0 Å². The first kappa shape index (κ1) is 15.8. The van der Waals surface area contributed by atoms with Gasteiger partial charge in [0.1, 0.15) is 0 Å². The number of nitrogens with one attached hydrogen (secondary N) is 1. The lowest BCUT2D eigenvalue weighted by Crippen LogP contribution is -2.28. The quantitative estimate of drug-likeness (QED) is 0.744. The molecule has 0 radical (unpaired) electrons. The van der Waals surface area contributed by atoms with Gasteiger partial charge >= 0.3 is 0 Å². The number of hydrogen-bond donors (Lipinski definition) is 1. The maximum atomic E-state index is 5.21. The fourth-order valence-corrected chi connectivity index (χ4v) is 3.34. The van der Waals surface area contributed by atoms with Crippen LogP contribution in [0.2, 0.25) is 0 Å². The van der Waals surface area contributed by atoms with Gasteiger partial charge < -0.3 is 9.73 Å². The van der Waals surface area contributed by atoms with Crippen molar-refractivity contribution in [2.75, 3.05) is 18.4 Å². The van der Waals surface area contributed by atoms with Gasteiger partial charge in [-0.2, -0.15) is 5.10 Å². The SMILES string of the molecule is c1cnc(NCCC2CN(Cc3ccoc3)Cc3ccnn3C2)nc1. The van der Waals surface area contributed by atoms with Crippen molar-refractivity contribution >= 4 is 5.95 Å². The molecule has 0 fully saturated rings. The number of aromatic nitrogens is 4. The fourth-order valence-electron chi connectivity index (χ4n) is 3.34. The summed E-state index contributed by atoms with van der Waals surface area (Å²) in [5.41, 5.74) is 2.48. The van der Waals surface area contributed by atoms with E-state index in [2.05, 4.69) is 36.0 Å². The molecule has 0 spiro atoms. The molecule has 1 unspecified atom stereocenters. The van der Waals surface area contributed by atoms with Crippen LogP contribution < -0.4 is 5.32 Å². The summed E-state index contributed by atoms with van der Waals surface area (Å²) in [7, 11) is 0. The minimum absolute atomic E-state index is 0.518. The summed E-state index contributed by atoms with van der Waals surface area (Å²) in [6.07, 6.45) is 10.0. The number of fused-ring (bicyclic) bond motifs is 1. The topological polar surface area (TPSA) is 72.0 Å². The largest absolute Gasteiger partial charge is 0.472 e. The van der Waals surface area contributed by atoms with Crippen LogP contribution in [0.1, 0.15) is 17.7 Å². The summed E-state index contributed by atoms with van der Waals surface area (Å²) in [4.78, 5) is 10.9. The van der Waals surface area contributed by atoms with Crippen molar-refractivity contribution < 1.29 is 4.42 Å². The van der Waals surface area contributed by atoms with Crippen molar-refractivity contribution in [2.45, 2.75) is 26.1 Å². The summed E-state index contributed by atoms with van der Waals surface area (Å²) in [6, 6.07) is 5.97. The van der Waals surface area contributed by atoms with Crippen molar-refractivity contribution in [1.82, 2.24) is 24.6 Å². The molecule has 1 aliphatic heterocycles. The van der Waals surface area contributed by atoms with Crippen molar-refractivity contribution in [1.29, 1.82) is 0 Å². The number of nitrogens with zero attached hydrogens (tertiary/aromatic N) is 5. The van der Waals surface area contributed by atoms with Crippen LogP contribution in [0.15, 0.2) is 53.7 Å². The van der Waals surface area contributed by atoms with Gasteiger partial charge in [0, 0.05) is 56.9 Å².